The van der Waals surface area contributed by atoms with Crippen molar-refractivity contribution >= 4 is 0 Å². The maximum absolute atomic E-state index is 6.49. The molecule has 4 heteroatoms. The molecule has 118 valence electrons. The zero-order chi connectivity index (χ0) is 14.7. The van der Waals surface area contributed by atoms with Gasteiger partial charge in [-0.05, 0) is 44.4 Å². The summed E-state index contributed by atoms with van der Waals surface area (Å²) in [6, 6.07) is 0. The normalized spacial score (nSPS) is 29.4. The molecule has 0 unspecified atom stereocenters. The van der Waals surface area contributed by atoms with Crippen molar-refractivity contribution in [3.63, 3.8) is 0 Å². The molecular weight excluding hydrogens is 262 g/mol. The minimum absolute atomic E-state index is 0.109. The summed E-state index contributed by atoms with van der Waals surface area (Å²) >= 11 is 0. The largest absolute Gasteiger partial charge is 0.339 e. The van der Waals surface area contributed by atoms with Gasteiger partial charge in [-0.2, -0.15) is 4.98 Å². The van der Waals surface area contributed by atoms with Crippen LogP contribution in [0.25, 0.3) is 0 Å². The van der Waals surface area contributed by atoms with Crippen molar-refractivity contribution in [3.05, 3.63) is 11.7 Å². The molecule has 0 atom stereocenters. The van der Waals surface area contributed by atoms with E-state index in [9.17, 15) is 0 Å². The van der Waals surface area contributed by atoms with E-state index >= 15 is 0 Å². The minimum atomic E-state index is -0.109. The summed E-state index contributed by atoms with van der Waals surface area (Å²) in [5.74, 6) is 3.10. The molecule has 0 amide bonds. The lowest BCUT2D eigenvalue weighted by molar-refractivity contribution is 0.259. The second kappa shape index (κ2) is 6.47. The average molecular weight is 291 g/mol. The van der Waals surface area contributed by atoms with E-state index < -0.39 is 0 Å². The molecule has 21 heavy (non-hydrogen) atoms. The number of aromatic nitrogens is 2. The Morgan fingerprint density at radius 2 is 1.86 bits per heavy atom. The van der Waals surface area contributed by atoms with Crippen LogP contribution < -0.4 is 5.73 Å². The second-order valence-corrected chi connectivity index (χ2v) is 7.27. The Hall–Kier alpha value is -0.900. The van der Waals surface area contributed by atoms with Crippen LogP contribution in [0, 0.1) is 5.92 Å². The molecule has 0 radical (unpaired) electrons. The fraction of sp³-hybridized carbons (Fsp3) is 0.882. The van der Waals surface area contributed by atoms with Crippen LogP contribution in [-0.2, 0) is 6.42 Å². The van der Waals surface area contributed by atoms with Gasteiger partial charge in [0.05, 0.1) is 0 Å². The van der Waals surface area contributed by atoms with E-state index in [4.69, 9.17) is 10.3 Å². The summed E-state index contributed by atoms with van der Waals surface area (Å²) in [5, 5.41) is 4.25. The second-order valence-electron chi connectivity index (χ2n) is 7.27. The summed E-state index contributed by atoms with van der Waals surface area (Å²) in [6.07, 6.45) is 13.1. The van der Waals surface area contributed by atoms with Gasteiger partial charge in [0, 0.05) is 17.9 Å². The maximum atomic E-state index is 6.49. The van der Waals surface area contributed by atoms with Crippen molar-refractivity contribution in [2.45, 2.75) is 89.0 Å². The Labute approximate surface area is 127 Å². The highest BCUT2D eigenvalue weighted by atomic mass is 16.5. The fourth-order valence-electron chi connectivity index (χ4n) is 4.07. The van der Waals surface area contributed by atoms with Crippen LogP contribution in [0.15, 0.2) is 4.52 Å². The van der Waals surface area contributed by atoms with Crippen molar-refractivity contribution in [3.8, 4) is 0 Å². The first-order valence-corrected chi connectivity index (χ1v) is 8.80. The molecule has 0 spiro atoms. The monoisotopic (exact) mass is 291 g/mol. The van der Waals surface area contributed by atoms with Gasteiger partial charge >= 0.3 is 0 Å². The zero-order valence-corrected chi connectivity index (χ0v) is 13.3. The Balaban J connectivity index is 1.58. The van der Waals surface area contributed by atoms with E-state index in [0.29, 0.717) is 5.92 Å². The Morgan fingerprint density at radius 3 is 2.52 bits per heavy atom. The molecule has 1 heterocycles. The lowest BCUT2D eigenvalue weighted by atomic mass is 9.80. The van der Waals surface area contributed by atoms with Crippen LogP contribution in [0.3, 0.4) is 0 Å². The van der Waals surface area contributed by atoms with Gasteiger partial charge in [-0.1, -0.05) is 37.8 Å². The Bertz CT molecular complexity index is 443. The third kappa shape index (κ3) is 3.65. The van der Waals surface area contributed by atoms with Gasteiger partial charge in [0.2, 0.25) is 5.89 Å². The van der Waals surface area contributed by atoms with Gasteiger partial charge in [-0.25, -0.2) is 0 Å². The molecular formula is C17H29N3O. The molecule has 3 rings (SSSR count). The van der Waals surface area contributed by atoms with Crippen LogP contribution in [0.1, 0.15) is 88.8 Å². The van der Waals surface area contributed by atoms with Crippen LogP contribution in [0.5, 0.6) is 0 Å². The molecule has 2 aliphatic rings. The first kappa shape index (κ1) is 15.0. The van der Waals surface area contributed by atoms with Gasteiger partial charge in [-0.15, -0.1) is 0 Å². The number of nitrogens with two attached hydrogens (primary N) is 1. The highest BCUT2D eigenvalue weighted by Crippen LogP contribution is 2.36. The SMILES string of the molecule is CCC1CCC(c2noc(CC3(N)CCCCC3)n2)CC1. The molecule has 2 fully saturated rings. The summed E-state index contributed by atoms with van der Waals surface area (Å²) < 4.78 is 5.50. The van der Waals surface area contributed by atoms with Crippen molar-refractivity contribution in [2.24, 2.45) is 11.7 Å². The first-order valence-electron chi connectivity index (χ1n) is 8.80. The lowest BCUT2D eigenvalue weighted by Crippen LogP contribution is -2.43. The lowest BCUT2D eigenvalue weighted by Gasteiger charge is -2.31. The highest BCUT2D eigenvalue weighted by molar-refractivity contribution is 5.01. The molecule has 0 saturated heterocycles. The predicted octanol–water partition coefficient (Wildman–Crippen LogP) is 3.96. The van der Waals surface area contributed by atoms with Crippen molar-refractivity contribution in [1.29, 1.82) is 0 Å². The van der Waals surface area contributed by atoms with Crippen LogP contribution in [0.4, 0.5) is 0 Å². The average Bonchev–Trinajstić information content (AvgIpc) is 2.96. The maximum Gasteiger partial charge on any atom is 0.228 e. The molecule has 0 aliphatic heterocycles. The summed E-state index contributed by atoms with van der Waals surface area (Å²) in [7, 11) is 0. The van der Waals surface area contributed by atoms with E-state index in [1.165, 1.54) is 51.4 Å². The number of hydrogen-bond donors (Lipinski definition) is 1. The number of nitrogens with zero attached hydrogens (tertiary/aromatic N) is 2. The van der Waals surface area contributed by atoms with Gasteiger partial charge in [0.25, 0.3) is 0 Å². The quantitative estimate of drug-likeness (QED) is 0.912. The third-order valence-electron chi connectivity index (χ3n) is 5.63. The summed E-state index contributed by atoms with van der Waals surface area (Å²) in [4.78, 5) is 4.67. The van der Waals surface area contributed by atoms with Crippen molar-refractivity contribution in [2.75, 3.05) is 0 Å². The van der Waals surface area contributed by atoms with E-state index in [0.717, 1.165) is 36.9 Å². The topological polar surface area (TPSA) is 64.9 Å². The Kier molecular flexibility index (Phi) is 4.63. The molecule has 0 bridgehead atoms. The fourth-order valence-corrected chi connectivity index (χ4v) is 4.07. The zero-order valence-electron chi connectivity index (χ0n) is 13.3. The van der Waals surface area contributed by atoms with Gasteiger partial charge in [0.15, 0.2) is 5.82 Å². The molecule has 2 saturated carbocycles. The van der Waals surface area contributed by atoms with Crippen LogP contribution >= 0.6 is 0 Å². The molecule has 0 aromatic carbocycles. The van der Waals surface area contributed by atoms with E-state index in [1.54, 1.807) is 0 Å². The van der Waals surface area contributed by atoms with Crippen LogP contribution in [-0.4, -0.2) is 15.7 Å². The molecule has 2 aliphatic carbocycles. The summed E-state index contributed by atoms with van der Waals surface area (Å²) in [6.45, 7) is 2.29. The summed E-state index contributed by atoms with van der Waals surface area (Å²) in [5.41, 5.74) is 6.38. The van der Waals surface area contributed by atoms with E-state index in [-0.39, 0.29) is 5.54 Å². The van der Waals surface area contributed by atoms with Crippen molar-refractivity contribution < 1.29 is 4.52 Å². The first-order chi connectivity index (χ1) is 10.2. The number of rotatable bonds is 4. The van der Waals surface area contributed by atoms with E-state index in [1.807, 2.05) is 0 Å². The van der Waals surface area contributed by atoms with Crippen molar-refractivity contribution in [1.82, 2.24) is 10.1 Å². The standard InChI is InChI=1S/C17H29N3O/c1-2-13-6-8-14(9-7-13)16-19-15(21-20-16)12-17(18)10-4-3-5-11-17/h13-14H,2-12,18H2,1H3. The minimum Gasteiger partial charge on any atom is -0.339 e. The van der Waals surface area contributed by atoms with Crippen LogP contribution in [0.2, 0.25) is 0 Å². The third-order valence-corrected chi connectivity index (χ3v) is 5.63. The van der Waals surface area contributed by atoms with Gasteiger partial charge in [-0.3, -0.25) is 0 Å². The van der Waals surface area contributed by atoms with Gasteiger partial charge in [0.1, 0.15) is 0 Å². The Morgan fingerprint density at radius 1 is 1.14 bits per heavy atom. The number of hydrogen-bond acceptors (Lipinski definition) is 4. The van der Waals surface area contributed by atoms with Gasteiger partial charge < -0.3 is 10.3 Å². The highest BCUT2D eigenvalue weighted by Gasteiger charge is 2.31. The molecule has 4 nitrogen and oxygen atoms in total. The van der Waals surface area contributed by atoms with E-state index in [2.05, 4.69) is 17.1 Å². The molecule has 1 aromatic heterocycles. The molecule has 2 N–H and O–H groups in total. The smallest absolute Gasteiger partial charge is 0.228 e. The molecule has 1 aromatic rings. The predicted molar refractivity (Wildman–Crippen MR) is 83.0 cm³/mol.